The fourth-order valence-electron chi connectivity index (χ4n) is 1.37. The van der Waals surface area contributed by atoms with Gasteiger partial charge in [-0.15, -0.1) is 0 Å². The van der Waals surface area contributed by atoms with Gasteiger partial charge in [-0.1, -0.05) is 28.9 Å². The molecule has 0 aromatic heterocycles. The predicted octanol–water partition coefficient (Wildman–Crippen LogP) is 2.10. The minimum absolute atomic E-state index is 0.0355. The molecule has 0 saturated heterocycles. The van der Waals surface area contributed by atoms with Gasteiger partial charge >= 0.3 is 0 Å². The Morgan fingerprint density at radius 3 is 2.61 bits per heavy atom. The van der Waals surface area contributed by atoms with Crippen LogP contribution >= 0.6 is 15.9 Å². The summed E-state index contributed by atoms with van der Waals surface area (Å²) in [5.74, 6) is -0.0635. The first-order valence-electron chi connectivity index (χ1n) is 5.94. The second kappa shape index (κ2) is 7.87. The van der Waals surface area contributed by atoms with Crippen molar-refractivity contribution in [1.82, 2.24) is 10.6 Å². The Bertz CT molecular complexity index is 421. The molecule has 4 nitrogen and oxygen atoms in total. The molecule has 0 aliphatic rings. The minimum Gasteiger partial charge on any atom is -0.356 e. The van der Waals surface area contributed by atoms with Crippen molar-refractivity contribution in [3.05, 3.63) is 34.3 Å². The van der Waals surface area contributed by atoms with Crippen molar-refractivity contribution in [2.75, 3.05) is 13.1 Å². The zero-order valence-electron chi connectivity index (χ0n) is 10.3. The van der Waals surface area contributed by atoms with Gasteiger partial charge in [0.15, 0.2) is 0 Å². The zero-order chi connectivity index (χ0) is 13.4. The van der Waals surface area contributed by atoms with Crippen LogP contribution in [0.2, 0.25) is 0 Å². The summed E-state index contributed by atoms with van der Waals surface area (Å²) < 4.78 is 0.880. The SMILES string of the molecule is CCC(=O)NCCCNC(=O)c1cccc(Br)c1. The molecular formula is C13H17BrN2O2. The second-order valence-corrected chi connectivity index (χ2v) is 4.74. The molecule has 98 valence electrons. The monoisotopic (exact) mass is 312 g/mol. The smallest absolute Gasteiger partial charge is 0.251 e. The fourth-order valence-corrected chi connectivity index (χ4v) is 1.77. The van der Waals surface area contributed by atoms with E-state index in [-0.39, 0.29) is 11.8 Å². The maximum absolute atomic E-state index is 11.7. The van der Waals surface area contributed by atoms with Crippen LogP contribution < -0.4 is 10.6 Å². The molecule has 0 bridgehead atoms. The van der Waals surface area contributed by atoms with E-state index in [9.17, 15) is 9.59 Å². The number of benzene rings is 1. The third kappa shape index (κ3) is 5.31. The van der Waals surface area contributed by atoms with E-state index >= 15 is 0 Å². The molecule has 0 heterocycles. The lowest BCUT2D eigenvalue weighted by molar-refractivity contribution is -0.120. The highest BCUT2D eigenvalue weighted by atomic mass is 79.9. The van der Waals surface area contributed by atoms with Crippen LogP contribution in [0.3, 0.4) is 0 Å². The molecule has 5 heteroatoms. The molecule has 0 aliphatic carbocycles. The zero-order valence-corrected chi connectivity index (χ0v) is 11.9. The lowest BCUT2D eigenvalue weighted by atomic mass is 10.2. The first-order valence-corrected chi connectivity index (χ1v) is 6.73. The lowest BCUT2D eigenvalue weighted by Crippen LogP contribution is -2.29. The number of amides is 2. The van der Waals surface area contributed by atoms with Crippen LogP contribution in [0.5, 0.6) is 0 Å². The first kappa shape index (κ1) is 14.7. The van der Waals surface area contributed by atoms with Crippen molar-refractivity contribution in [2.45, 2.75) is 19.8 Å². The van der Waals surface area contributed by atoms with Crippen molar-refractivity contribution >= 4 is 27.7 Å². The third-order valence-corrected chi connectivity index (χ3v) is 2.86. The van der Waals surface area contributed by atoms with Crippen LogP contribution in [0.15, 0.2) is 28.7 Å². The Morgan fingerprint density at radius 2 is 1.94 bits per heavy atom. The summed E-state index contributed by atoms with van der Waals surface area (Å²) in [7, 11) is 0. The van der Waals surface area contributed by atoms with Crippen molar-refractivity contribution in [2.24, 2.45) is 0 Å². The van der Waals surface area contributed by atoms with Gasteiger partial charge in [0.1, 0.15) is 0 Å². The number of nitrogens with one attached hydrogen (secondary N) is 2. The van der Waals surface area contributed by atoms with Crippen molar-refractivity contribution in [1.29, 1.82) is 0 Å². The quantitative estimate of drug-likeness (QED) is 0.790. The molecule has 0 atom stereocenters. The Morgan fingerprint density at radius 1 is 1.22 bits per heavy atom. The van der Waals surface area contributed by atoms with Crippen LogP contribution in [-0.2, 0) is 4.79 Å². The van der Waals surface area contributed by atoms with E-state index in [4.69, 9.17) is 0 Å². The van der Waals surface area contributed by atoms with Crippen LogP contribution in [0, 0.1) is 0 Å². The summed E-state index contributed by atoms with van der Waals surface area (Å²) in [6.07, 6.45) is 1.22. The standard InChI is InChI=1S/C13H17BrN2O2/c1-2-12(17)15-7-4-8-16-13(18)10-5-3-6-11(14)9-10/h3,5-6,9H,2,4,7-8H2,1H3,(H,15,17)(H,16,18). The normalized spacial score (nSPS) is 9.89. The van der Waals surface area contributed by atoms with Gasteiger partial charge in [-0.25, -0.2) is 0 Å². The lowest BCUT2D eigenvalue weighted by Gasteiger charge is -2.06. The fraction of sp³-hybridized carbons (Fsp3) is 0.385. The predicted molar refractivity (Wildman–Crippen MR) is 74.4 cm³/mol. The molecule has 18 heavy (non-hydrogen) atoms. The summed E-state index contributed by atoms with van der Waals surface area (Å²) >= 11 is 3.32. The number of halogens is 1. The molecule has 2 amide bonds. The van der Waals surface area contributed by atoms with Gasteiger partial charge in [0.2, 0.25) is 5.91 Å². The van der Waals surface area contributed by atoms with Crippen LogP contribution in [-0.4, -0.2) is 24.9 Å². The van der Waals surface area contributed by atoms with Crippen molar-refractivity contribution in [3.63, 3.8) is 0 Å². The van der Waals surface area contributed by atoms with E-state index in [1.165, 1.54) is 0 Å². The molecule has 0 aliphatic heterocycles. The Balaban J connectivity index is 2.23. The maximum Gasteiger partial charge on any atom is 0.251 e. The van der Waals surface area contributed by atoms with Gasteiger partial charge in [0.25, 0.3) is 5.91 Å². The third-order valence-electron chi connectivity index (χ3n) is 2.37. The minimum atomic E-state index is -0.0990. The van der Waals surface area contributed by atoms with E-state index in [0.29, 0.717) is 25.1 Å². The summed E-state index contributed by atoms with van der Waals surface area (Å²) in [4.78, 5) is 22.7. The first-order chi connectivity index (χ1) is 8.63. The van der Waals surface area contributed by atoms with Crippen LogP contribution in [0.1, 0.15) is 30.1 Å². The molecule has 0 unspecified atom stereocenters. The van der Waals surface area contributed by atoms with E-state index in [1.807, 2.05) is 19.1 Å². The van der Waals surface area contributed by atoms with Gasteiger partial charge in [0, 0.05) is 29.5 Å². The average molecular weight is 313 g/mol. The van der Waals surface area contributed by atoms with Crippen molar-refractivity contribution < 1.29 is 9.59 Å². The Hall–Kier alpha value is -1.36. The second-order valence-electron chi connectivity index (χ2n) is 3.82. The van der Waals surface area contributed by atoms with Gasteiger partial charge in [0.05, 0.1) is 0 Å². The van der Waals surface area contributed by atoms with E-state index < -0.39 is 0 Å². The average Bonchev–Trinajstić information content (AvgIpc) is 2.37. The molecular weight excluding hydrogens is 296 g/mol. The molecule has 0 fully saturated rings. The van der Waals surface area contributed by atoms with Gasteiger partial charge in [-0.2, -0.15) is 0 Å². The topological polar surface area (TPSA) is 58.2 Å². The van der Waals surface area contributed by atoms with Crippen LogP contribution in [0.4, 0.5) is 0 Å². The summed E-state index contributed by atoms with van der Waals surface area (Å²) in [6.45, 7) is 2.95. The van der Waals surface area contributed by atoms with Crippen LogP contribution in [0.25, 0.3) is 0 Å². The van der Waals surface area contributed by atoms with Crippen molar-refractivity contribution in [3.8, 4) is 0 Å². The summed E-state index contributed by atoms with van der Waals surface area (Å²) in [5.41, 5.74) is 0.627. The van der Waals surface area contributed by atoms with Gasteiger partial charge < -0.3 is 10.6 Å². The highest BCUT2D eigenvalue weighted by molar-refractivity contribution is 9.10. The molecule has 1 aromatic carbocycles. The molecule has 1 rings (SSSR count). The van der Waals surface area contributed by atoms with Gasteiger partial charge in [-0.05, 0) is 24.6 Å². The molecule has 0 saturated carbocycles. The number of carbonyl (C=O) groups excluding carboxylic acids is 2. The molecule has 1 aromatic rings. The Kier molecular flexibility index (Phi) is 6.43. The van der Waals surface area contributed by atoms with E-state index in [0.717, 1.165) is 10.9 Å². The number of carbonyl (C=O) groups is 2. The molecule has 0 spiro atoms. The molecule has 2 N–H and O–H groups in total. The molecule has 0 radical (unpaired) electrons. The maximum atomic E-state index is 11.7. The summed E-state index contributed by atoms with van der Waals surface area (Å²) in [6, 6.07) is 7.23. The number of hydrogen-bond donors (Lipinski definition) is 2. The van der Waals surface area contributed by atoms with E-state index in [1.54, 1.807) is 12.1 Å². The largest absolute Gasteiger partial charge is 0.356 e. The number of hydrogen-bond acceptors (Lipinski definition) is 2. The highest BCUT2D eigenvalue weighted by Crippen LogP contribution is 2.11. The number of rotatable bonds is 6. The van der Waals surface area contributed by atoms with Gasteiger partial charge in [-0.3, -0.25) is 9.59 Å². The summed E-state index contributed by atoms with van der Waals surface area (Å²) in [5, 5.41) is 5.56. The van der Waals surface area contributed by atoms with E-state index in [2.05, 4.69) is 26.6 Å². The Labute approximate surface area is 115 Å². The highest BCUT2D eigenvalue weighted by Gasteiger charge is 2.04.